The molecule has 0 aromatic heterocycles. The summed E-state index contributed by atoms with van der Waals surface area (Å²) in [5.74, 6) is 0. The Morgan fingerprint density at radius 3 is 1.95 bits per heavy atom. The molecular weight excluding hydrogens is 258 g/mol. The van der Waals surface area contributed by atoms with Gasteiger partial charge in [-0.1, -0.05) is 45.0 Å². The lowest BCUT2D eigenvalue weighted by Gasteiger charge is -2.21. The van der Waals surface area contributed by atoms with E-state index in [0.29, 0.717) is 6.54 Å². The maximum Gasteiger partial charge on any atom is 0.216 e. The van der Waals surface area contributed by atoms with Crippen molar-refractivity contribution in [3.05, 3.63) is 35.4 Å². The lowest BCUT2D eigenvalue weighted by atomic mass is 9.87. The second-order valence-electron chi connectivity index (χ2n) is 6.30. The topological polar surface area (TPSA) is 37.4 Å². The van der Waals surface area contributed by atoms with Gasteiger partial charge in [-0.15, -0.1) is 0 Å². The first-order chi connectivity index (χ1) is 8.55. The Balaban J connectivity index is 2.85. The van der Waals surface area contributed by atoms with E-state index in [-0.39, 0.29) is 10.7 Å². The molecule has 108 valence electrons. The first-order valence-electron chi connectivity index (χ1n) is 6.59. The molecule has 19 heavy (non-hydrogen) atoms. The Bertz CT molecular complexity index is 510. The van der Waals surface area contributed by atoms with Crippen molar-refractivity contribution in [3.63, 3.8) is 0 Å². The second kappa shape index (κ2) is 5.63. The zero-order valence-corrected chi connectivity index (χ0v) is 13.6. The van der Waals surface area contributed by atoms with Crippen LogP contribution in [0.1, 0.15) is 45.7 Å². The molecule has 0 saturated carbocycles. The van der Waals surface area contributed by atoms with E-state index in [0.717, 1.165) is 5.56 Å². The normalized spacial score (nSPS) is 13.3. The van der Waals surface area contributed by atoms with E-state index in [9.17, 15) is 8.42 Å². The van der Waals surface area contributed by atoms with Crippen LogP contribution in [0, 0.1) is 0 Å². The molecule has 1 aromatic rings. The fourth-order valence-corrected chi connectivity index (χ4v) is 2.87. The van der Waals surface area contributed by atoms with Gasteiger partial charge in [-0.05, 0) is 30.4 Å². The number of hydrogen-bond donors (Lipinski definition) is 0. The van der Waals surface area contributed by atoms with Crippen molar-refractivity contribution < 1.29 is 8.42 Å². The molecule has 0 aliphatic carbocycles. The van der Waals surface area contributed by atoms with Crippen molar-refractivity contribution in [2.45, 2.75) is 51.8 Å². The molecule has 0 saturated heterocycles. The molecule has 0 aliphatic heterocycles. The van der Waals surface area contributed by atoms with Crippen molar-refractivity contribution in [3.8, 4) is 0 Å². The summed E-state index contributed by atoms with van der Waals surface area (Å²) in [6.07, 6.45) is 0. The first kappa shape index (κ1) is 16.2. The lowest BCUT2D eigenvalue weighted by Crippen LogP contribution is -2.32. The summed E-state index contributed by atoms with van der Waals surface area (Å²) in [7, 11) is -1.55. The van der Waals surface area contributed by atoms with Gasteiger partial charge in [0.05, 0.1) is 5.25 Å². The highest BCUT2D eigenvalue weighted by molar-refractivity contribution is 7.89. The molecule has 0 radical (unpaired) electrons. The highest BCUT2D eigenvalue weighted by Gasteiger charge is 2.22. The van der Waals surface area contributed by atoms with E-state index in [2.05, 4.69) is 32.9 Å². The van der Waals surface area contributed by atoms with E-state index in [1.165, 1.54) is 9.87 Å². The number of benzene rings is 1. The van der Waals surface area contributed by atoms with Crippen LogP contribution >= 0.6 is 0 Å². The van der Waals surface area contributed by atoms with Gasteiger partial charge in [-0.3, -0.25) is 0 Å². The minimum absolute atomic E-state index is 0.119. The third-order valence-corrected chi connectivity index (χ3v) is 5.44. The number of hydrogen-bond acceptors (Lipinski definition) is 2. The molecule has 0 heterocycles. The Morgan fingerprint density at radius 2 is 1.58 bits per heavy atom. The van der Waals surface area contributed by atoms with Crippen LogP contribution in [0.5, 0.6) is 0 Å². The van der Waals surface area contributed by atoms with Crippen LogP contribution in [0.2, 0.25) is 0 Å². The van der Waals surface area contributed by atoms with Crippen LogP contribution in [0.15, 0.2) is 24.3 Å². The minimum atomic E-state index is -3.18. The van der Waals surface area contributed by atoms with E-state index in [1.807, 2.05) is 12.1 Å². The SMILES string of the molecule is CC(C)S(=O)(=O)N(C)Cc1ccc(C(C)(C)C)cc1. The molecule has 0 atom stereocenters. The van der Waals surface area contributed by atoms with E-state index in [1.54, 1.807) is 20.9 Å². The van der Waals surface area contributed by atoms with Gasteiger partial charge in [-0.25, -0.2) is 12.7 Å². The average molecular weight is 283 g/mol. The first-order valence-corrected chi connectivity index (χ1v) is 8.10. The van der Waals surface area contributed by atoms with Gasteiger partial charge in [0, 0.05) is 13.6 Å². The third-order valence-electron chi connectivity index (χ3n) is 3.26. The Morgan fingerprint density at radius 1 is 1.11 bits per heavy atom. The molecule has 0 N–H and O–H groups in total. The number of rotatable bonds is 4. The van der Waals surface area contributed by atoms with Gasteiger partial charge in [-0.2, -0.15) is 0 Å². The molecule has 0 fully saturated rings. The van der Waals surface area contributed by atoms with E-state index in [4.69, 9.17) is 0 Å². The van der Waals surface area contributed by atoms with Crippen molar-refractivity contribution in [2.75, 3.05) is 7.05 Å². The maximum absolute atomic E-state index is 12.0. The third kappa shape index (κ3) is 4.05. The Hall–Kier alpha value is -0.870. The monoisotopic (exact) mass is 283 g/mol. The molecule has 1 aromatic carbocycles. The predicted molar refractivity (Wildman–Crippen MR) is 80.7 cm³/mol. The zero-order chi connectivity index (χ0) is 14.8. The average Bonchev–Trinajstić information content (AvgIpc) is 2.28. The van der Waals surface area contributed by atoms with E-state index >= 15 is 0 Å². The van der Waals surface area contributed by atoms with Crippen molar-refractivity contribution in [1.29, 1.82) is 0 Å². The van der Waals surface area contributed by atoms with Gasteiger partial charge in [0.2, 0.25) is 10.0 Å². The van der Waals surface area contributed by atoms with Gasteiger partial charge < -0.3 is 0 Å². The molecule has 0 bridgehead atoms. The Kier molecular flexibility index (Phi) is 4.80. The van der Waals surface area contributed by atoms with Crippen LogP contribution in [0.3, 0.4) is 0 Å². The van der Waals surface area contributed by atoms with E-state index < -0.39 is 10.0 Å². The van der Waals surface area contributed by atoms with Crippen LogP contribution in [-0.4, -0.2) is 25.0 Å². The molecular formula is C15H25NO2S. The molecule has 0 amide bonds. The van der Waals surface area contributed by atoms with Crippen molar-refractivity contribution >= 4 is 10.0 Å². The fourth-order valence-electron chi connectivity index (χ4n) is 1.82. The maximum atomic E-state index is 12.0. The van der Waals surface area contributed by atoms with Crippen molar-refractivity contribution in [2.24, 2.45) is 0 Å². The second-order valence-corrected chi connectivity index (χ2v) is 8.89. The standard InChI is InChI=1S/C15H25NO2S/c1-12(2)19(17,18)16(6)11-13-7-9-14(10-8-13)15(3,4)5/h7-10,12H,11H2,1-6H3. The van der Waals surface area contributed by atoms with Crippen LogP contribution in [-0.2, 0) is 22.0 Å². The molecule has 3 nitrogen and oxygen atoms in total. The summed E-state index contributed by atoms with van der Waals surface area (Å²) >= 11 is 0. The molecule has 4 heteroatoms. The molecule has 1 rings (SSSR count). The summed E-state index contributed by atoms with van der Waals surface area (Å²) in [6, 6.07) is 8.16. The smallest absolute Gasteiger partial charge is 0.212 e. The molecule has 0 spiro atoms. The summed E-state index contributed by atoms with van der Waals surface area (Å²) in [5, 5.41) is -0.383. The number of nitrogens with zero attached hydrogens (tertiary/aromatic N) is 1. The van der Waals surface area contributed by atoms with Gasteiger partial charge >= 0.3 is 0 Å². The highest BCUT2D eigenvalue weighted by atomic mass is 32.2. The highest BCUT2D eigenvalue weighted by Crippen LogP contribution is 2.22. The summed E-state index contributed by atoms with van der Waals surface area (Å²) in [5.41, 5.74) is 2.39. The minimum Gasteiger partial charge on any atom is -0.212 e. The van der Waals surface area contributed by atoms with Gasteiger partial charge in [0.25, 0.3) is 0 Å². The molecule has 0 aliphatic rings. The summed E-state index contributed by atoms with van der Waals surface area (Å²) in [6.45, 7) is 10.3. The largest absolute Gasteiger partial charge is 0.216 e. The lowest BCUT2D eigenvalue weighted by molar-refractivity contribution is 0.459. The number of sulfonamides is 1. The van der Waals surface area contributed by atoms with Crippen molar-refractivity contribution in [1.82, 2.24) is 4.31 Å². The summed E-state index contributed by atoms with van der Waals surface area (Å²) < 4.78 is 25.4. The van der Waals surface area contributed by atoms with Crippen LogP contribution in [0.4, 0.5) is 0 Å². The van der Waals surface area contributed by atoms with Crippen LogP contribution in [0.25, 0.3) is 0 Å². The predicted octanol–water partition coefficient (Wildman–Crippen LogP) is 3.15. The fraction of sp³-hybridized carbons (Fsp3) is 0.600. The zero-order valence-electron chi connectivity index (χ0n) is 12.8. The van der Waals surface area contributed by atoms with Crippen LogP contribution < -0.4 is 0 Å². The Labute approximate surface area is 117 Å². The summed E-state index contributed by atoms with van der Waals surface area (Å²) in [4.78, 5) is 0. The van der Waals surface area contributed by atoms with Gasteiger partial charge in [0.1, 0.15) is 0 Å². The molecule has 0 unspecified atom stereocenters. The van der Waals surface area contributed by atoms with Gasteiger partial charge in [0.15, 0.2) is 0 Å². The quantitative estimate of drug-likeness (QED) is 0.851.